The van der Waals surface area contributed by atoms with Crippen LogP contribution in [0.4, 0.5) is 0 Å². The second-order valence-corrected chi connectivity index (χ2v) is 12.2. The molecular weight excluding hydrogens is 432 g/mol. The van der Waals surface area contributed by atoms with E-state index in [1.807, 2.05) is 19.9 Å². The number of fused-ring (bicyclic) bond motifs is 3. The third-order valence-electron chi connectivity index (χ3n) is 11.4. The van der Waals surface area contributed by atoms with Gasteiger partial charge in [0.25, 0.3) is 0 Å². The smallest absolute Gasteiger partial charge is 0.336 e. The molecule has 34 heavy (non-hydrogen) atoms. The maximum absolute atomic E-state index is 13.2. The highest BCUT2D eigenvalue weighted by Crippen LogP contribution is 2.77. The minimum atomic E-state index is -1.14. The van der Waals surface area contributed by atoms with Crippen molar-refractivity contribution in [2.45, 2.75) is 95.5 Å². The quantitative estimate of drug-likeness (QED) is 0.476. The Hall–Kier alpha value is -1.76. The van der Waals surface area contributed by atoms with Gasteiger partial charge in [-0.05, 0) is 77.2 Å². The van der Waals surface area contributed by atoms with Crippen LogP contribution in [-0.4, -0.2) is 51.5 Å². The number of hydrogen-bond donors (Lipinski definition) is 2. The number of rotatable bonds is 2. The number of carbonyl (C=O) groups excluding carboxylic acids is 2. The molecule has 6 rings (SSSR count). The molecule has 184 valence electrons. The summed E-state index contributed by atoms with van der Waals surface area (Å²) in [5.41, 5.74) is -1.46. The van der Waals surface area contributed by atoms with Crippen molar-refractivity contribution in [3.05, 3.63) is 34.9 Å². The van der Waals surface area contributed by atoms with E-state index < -0.39 is 39.7 Å². The van der Waals surface area contributed by atoms with Gasteiger partial charge in [-0.3, -0.25) is 4.79 Å². The maximum atomic E-state index is 13.2. The van der Waals surface area contributed by atoms with Gasteiger partial charge in [0.05, 0.1) is 23.2 Å². The van der Waals surface area contributed by atoms with Gasteiger partial charge < -0.3 is 19.7 Å². The average molecular weight is 469 g/mol. The monoisotopic (exact) mass is 468 g/mol. The van der Waals surface area contributed by atoms with E-state index in [2.05, 4.69) is 19.9 Å². The highest BCUT2D eigenvalue weighted by molar-refractivity contribution is 5.98. The van der Waals surface area contributed by atoms with Crippen LogP contribution >= 0.6 is 0 Å². The average Bonchev–Trinajstić information content (AvgIpc) is 3.11. The maximum Gasteiger partial charge on any atom is 0.336 e. The molecule has 0 aromatic rings. The zero-order valence-corrected chi connectivity index (χ0v) is 20.6. The van der Waals surface area contributed by atoms with E-state index in [0.717, 1.165) is 37.7 Å². The summed E-state index contributed by atoms with van der Waals surface area (Å²) in [6.45, 7) is 7.70. The van der Waals surface area contributed by atoms with Crippen LogP contribution < -0.4 is 0 Å². The predicted molar refractivity (Wildman–Crippen MR) is 125 cm³/mol. The van der Waals surface area contributed by atoms with Crippen molar-refractivity contribution in [2.75, 3.05) is 6.61 Å². The number of aliphatic hydroxyl groups excluding tert-OH is 1. The van der Waals surface area contributed by atoms with Crippen LogP contribution in [0.2, 0.25) is 0 Å². The summed E-state index contributed by atoms with van der Waals surface area (Å²) in [5.74, 6) is -0.0463. The fourth-order valence-corrected chi connectivity index (χ4v) is 9.27. The summed E-state index contributed by atoms with van der Waals surface area (Å²) in [6.07, 6.45) is 10.5. The highest BCUT2D eigenvalue weighted by Gasteiger charge is 2.84. The molecule has 6 aliphatic rings. The fourth-order valence-electron chi connectivity index (χ4n) is 9.27. The van der Waals surface area contributed by atoms with Gasteiger partial charge in [-0.25, -0.2) is 4.79 Å². The topological polar surface area (TPSA) is 93.1 Å². The van der Waals surface area contributed by atoms with Crippen molar-refractivity contribution in [3.8, 4) is 0 Å². The van der Waals surface area contributed by atoms with Crippen LogP contribution in [0.3, 0.4) is 0 Å². The number of ketones is 1. The van der Waals surface area contributed by atoms with E-state index in [4.69, 9.17) is 9.47 Å². The van der Waals surface area contributed by atoms with Crippen LogP contribution in [-0.2, 0) is 19.1 Å². The zero-order chi connectivity index (χ0) is 24.3. The third kappa shape index (κ3) is 2.25. The summed E-state index contributed by atoms with van der Waals surface area (Å²) >= 11 is 0. The Morgan fingerprint density at radius 2 is 1.88 bits per heavy atom. The van der Waals surface area contributed by atoms with E-state index >= 15 is 0 Å². The lowest BCUT2D eigenvalue weighted by atomic mass is 9.46. The van der Waals surface area contributed by atoms with Gasteiger partial charge in [0.1, 0.15) is 17.3 Å². The van der Waals surface area contributed by atoms with E-state index in [1.54, 1.807) is 6.08 Å². The molecule has 2 bridgehead atoms. The molecule has 0 aromatic carbocycles. The minimum absolute atomic E-state index is 0.121. The Morgan fingerprint density at radius 3 is 2.59 bits per heavy atom. The van der Waals surface area contributed by atoms with Gasteiger partial charge in [0, 0.05) is 11.8 Å². The molecular formula is C28H36O6. The molecule has 0 unspecified atom stereocenters. The van der Waals surface area contributed by atoms with E-state index in [9.17, 15) is 19.8 Å². The van der Waals surface area contributed by atoms with Gasteiger partial charge in [-0.2, -0.15) is 0 Å². The van der Waals surface area contributed by atoms with E-state index in [-0.39, 0.29) is 24.2 Å². The molecule has 6 heteroatoms. The predicted octanol–water partition coefficient (Wildman–Crippen LogP) is 3.56. The van der Waals surface area contributed by atoms with Crippen LogP contribution in [0.1, 0.15) is 72.6 Å². The van der Waals surface area contributed by atoms with Crippen molar-refractivity contribution in [2.24, 2.45) is 22.7 Å². The Labute approximate surface area is 201 Å². The lowest BCUT2D eigenvalue weighted by Crippen LogP contribution is -2.63. The Kier molecular flexibility index (Phi) is 4.48. The first-order chi connectivity index (χ1) is 16.0. The number of ether oxygens (including phenoxy) is 2. The molecule has 0 radical (unpaired) electrons. The van der Waals surface area contributed by atoms with Gasteiger partial charge in [0.15, 0.2) is 5.78 Å². The molecule has 2 N–H and O–H groups in total. The van der Waals surface area contributed by atoms with Crippen molar-refractivity contribution in [1.29, 1.82) is 0 Å². The minimum Gasteiger partial charge on any atom is -0.455 e. The number of hydrogen-bond acceptors (Lipinski definition) is 6. The molecule has 2 aliphatic heterocycles. The molecule has 1 saturated heterocycles. The summed E-state index contributed by atoms with van der Waals surface area (Å²) in [4.78, 5) is 25.9. The lowest BCUT2D eigenvalue weighted by Gasteiger charge is -2.59. The van der Waals surface area contributed by atoms with Gasteiger partial charge in [-0.15, -0.1) is 0 Å². The van der Waals surface area contributed by atoms with Crippen molar-refractivity contribution in [3.63, 3.8) is 0 Å². The normalized spacial score (nSPS) is 51.6. The summed E-state index contributed by atoms with van der Waals surface area (Å²) in [6, 6.07) is 0. The number of cyclic esters (lactones) is 1. The molecule has 2 saturated carbocycles. The van der Waals surface area contributed by atoms with Crippen LogP contribution in [0.25, 0.3) is 0 Å². The standard InChI is InChI=1S/C28H36O6/c1-16-14-22(33-23(31)18(16)15-29)26(4)28(32)13-12-27(34-26)20-9-8-17-6-5-7-21(30)25(17,3)19(20)10-11-24(27,28)2/h5,7-8,19-20,22,29,32H,6,9-15H2,1-4H3/t19-,20+,22+,24-,25-,26-,27+,28+/m0/s1. The molecule has 8 atom stereocenters. The molecule has 4 aliphatic carbocycles. The highest BCUT2D eigenvalue weighted by atomic mass is 16.6. The zero-order valence-electron chi connectivity index (χ0n) is 20.6. The molecule has 0 spiro atoms. The van der Waals surface area contributed by atoms with E-state index in [1.165, 1.54) is 5.57 Å². The van der Waals surface area contributed by atoms with Crippen molar-refractivity contribution in [1.82, 2.24) is 0 Å². The fraction of sp³-hybridized carbons (Fsp3) is 0.714. The summed E-state index contributed by atoms with van der Waals surface area (Å²) < 4.78 is 13.0. The Balaban J connectivity index is 1.44. The van der Waals surface area contributed by atoms with E-state index in [0.29, 0.717) is 18.4 Å². The number of esters is 1. The van der Waals surface area contributed by atoms with Gasteiger partial charge in [0.2, 0.25) is 0 Å². The van der Waals surface area contributed by atoms with Gasteiger partial charge >= 0.3 is 5.97 Å². The van der Waals surface area contributed by atoms with Crippen LogP contribution in [0.5, 0.6) is 0 Å². The summed E-state index contributed by atoms with van der Waals surface area (Å²) in [7, 11) is 0. The first-order valence-corrected chi connectivity index (χ1v) is 12.8. The number of carbonyl (C=O) groups is 2. The second-order valence-electron chi connectivity index (χ2n) is 12.2. The van der Waals surface area contributed by atoms with Gasteiger partial charge in [-0.1, -0.05) is 30.2 Å². The SMILES string of the molecule is CC1=C(CO)C(=O)O[C@@H]([C@]2(C)O[C@@]34CC[C@@]2(O)[C@@]3(C)CC[C@H]2[C@H]4CC=C3CC=CC(=O)[C@@]32C)C1. The molecule has 3 fully saturated rings. The summed E-state index contributed by atoms with van der Waals surface area (Å²) in [5, 5.41) is 22.0. The van der Waals surface area contributed by atoms with Crippen LogP contribution in [0.15, 0.2) is 34.9 Å². The van der Waals surface area contributed by atoms with Crippen molar-refractivity contribution < 1.29 is 29.3 Å². The number of allylic oxidation sites excluding steroid dienone is 4. The first kappa shape index (κ1) is 22.7. The molecule has 2 heterocycles. The third-order valence-corrected chi connectivity index (χ3v) is 11.4. The second kappa shape index (κ2) is 6.71. The Morgan fingerprint density at radius 1 is 1.12 bits per heavy atom. The Bertz CT molecular complexity index is 1090. The number of aliphatic hydroxyl groups is 2. The largest absolute Gasteiger partial charge is 0.455 e. The lowest BCUT2D eigenvalue weighted by molar-refractivity contribution is -0.248. The molecule has 0 aromatic heterocycles. The molecule has 6 nitrogen and oxygen atoms in total. The van der Waals surface area contributed by atoms with Crippen molar-refractivity contribution >= 4 is 11.8 Å². The first-order valence-electron chi connectivity index (χ1n) is 12.8. The molecule has 0 amide bonds. The van der Waals surface area contributed by atoms with Crippen LogP contribution in [0, 0.1) is 22.7 Å².